The minimum absolute atomic E-state index is 0.0498. The molecule has 0 saturated heterocycles. The number of carbonyl (C=O) groups is 1. The minimum Gasteiger partial charge on any atom is -0.396 e. The van der Waals surface area contributed by atoms with Gasteiger partial charge < -0.3 is 11.1 Å². The van der Waals surface area contributed by atoms with E-state index in [-0.39, 0.29) is 12.5 Å². The van der Waals surface area contributed by atoms with E-state index in [0.29, 0.717) is 12.2 Å². The third-order valence-corrected chi connectivity index (χ3v) is 4.74. The lowest BCUT2D eigenvalue weighted by Gasteiger charge is -2.06. The summed E-state index contributed by atoms with van der Waals surface area (Å²) < 4.78 is 2.75. The lowest BCUT2D eigenvalue weighted by atomic mass is 10.3. The van der Waals surface area contributed by atoms with E-state index in [4.69, 9.17) is 5.73 Å². The summed E-state index contributed by atoms with van der Waals surface area (Å²) in [4.78, 5) is 13.1. The van der Waals surface area contributed by atoms with Crippen LogP contribution in [0.1, 0.15) is 16.3 Å². The summed E-state index contributed by atoms with van der Waals surface area (Å²) >= 11 is 5.10. The van der Waals surface area contributed by atoms with E-state index in [9.17, 15) is 4.79 Å². The predicted molar refractivity (Wildman–Crippen MR) is 84.8 cm³/mol. The Morgan fingerprint density at radius 3 is 2.80 bits per heavy atom. The maximum atomic E-state index is 11.9. The molecule has 2 aromatic rings. The summed E-state index contributed by atoms with van der Waals surface area (Å²) in [5, 5.41) is 7.14. The van der Waals surface area contributed by atoms with Crippen LogP contribution in [-0.2, 0) is 17.8 Å². The maximum absolute atomic E-state index is 11.9. The SMILES string of the molecule is Cc1nn(CC(=O)NCCc2ccc(Br)s2)c(C)c1N. The summed E-state index contributed by atoms with van der Waals surface area (Å²) in [6.07, 6.45) is 0.835. The average Bonchev–Trinajstić information content (AvgIpc) is 2.90. The molecule has 0 unspecified atom stereocenters. The highest BCUT2D eigenvalue weighted by Gasteiger charge is 2.11. The second-order valence-electron chi connectivity index (χ2n) is 4.55. The number of hydrogen-bond acceptors (Lipinski definition) is 4. The van der Waals surface area contributed by atoms with Crippen molar-refractivity contribution in [1.82, 2.24) is 15.1 Å². The van der Waals surface area contributed by atoms with Gasteiger partial charge in [0.2, 0.25) is 5.91 Å². The van der Waals surface area contributed by atoms with E-state index < -0.39 is 0 Å². The number of anilines is 1. The molecule has 5 nitrogen and oxygen atoms in total. The van der Waals surface area contributed by atoms with Crippen molar-refractivity contribution in [2.45, 2.75) is 26.8 Å². The zero-order valence-electron chi connectivity index (χ0n) is 11.4. The van der Waals surface area contributed by atoms with Crippen LogP contribution in [0.15, 0.2) is 15.9 Å². The number of amides is 1. The van der Waals surface area contributed by atoms with Crippen molar-refractivity contribution in [3.05, 3.63) is 32.2 Å². The van der Waals surface area contributed by atoms with Crippen LogP contribution in [0.4, 0.5) is 5.69 Å². The monoisotopic (exact) mass is 356 g/mol. The number of nitrogens with one attached hydrogen (secondary N) is 1. The van der Waals surface area contributed by atoms with Crippen LogP contribution in [0.2, 0.25) is 0 Å². The minimum atomic E-state index is -0.0498. The lowest BCUT2D eigenvalue weighted by Crippen LogP contribution is -2.30. The van der Waals surface area contributed by atoms with Gasteiger partial charge in [-0.2, -0.15) is 5.10 Å². The van der Waals surface area contributed by atoms with Crippen molar-refractivity contribution in [3.63, 3.8) is 0 Å². The number of carbonyl (C=O) groups excluding carboxylic acids is 1. The molecular weight excluding hydrogens is 340 g/mol. The Hall–Kier alpha value is -1.34. The first-order valence-electron chi connectivity index (χ1n) is 6.27. The van der Waals surface area contributed by atoms with Crippen LogP contribution in [0, 0.1) is 13.8 Å². The van der Waals surface area contributed by atoms with Gasteiger partial charge in [0.25, 0.3) is 0 Å². The normalized spacial score (nSPS) is 10.8. The first-order valence-corrected chi connectivity index (χ1v) is 7.88. The summed E-state index contributed by atoms with van der Waals surface area (Å²) in [5.74, 6) is -0.0498. The highest BCUT2D eigenvalue weighted by molar-refractivity contribution is 9.11. The molecule has 1 amide bonds. The molecule has 0 aromatic carbocycles. The summed E-state index contributed by atoms with van der Waals surface area (Å²) in [7, 11) is 0. The third-order valence-electron chi connectivity index (χ3n) is 3.05. The van der Waals surface area contributed by atoms with Crippen LogP contribution in [0.25, 0.3) is 0 Å². The molecule has 0 saturated carbocycles. The van der Waals surface area contributed by atoms with Crippen LogP contribution < -0.4 is 11.1 Å². The average molecular weight is 357 g/mol. The third kappa shape index (κ3) is 3.61. The van der Waals surface area contributed by atoms with Crippen LogP contribution >= 0.6 is 27.3 Å². The molecule has 108 valence electrons. The van der Waals surface area contributed by atoms with Gasteiger partial charge in [0.15, 0.2) is 0 Å². The molecule has 0 spiro atoms. The lowest BCUT2D eigenvalue weighted by molar-refractivity contribution is -0.121. The van der Waals surface area contributed by atoms with E-state index in [0.717, 1.165) is 21.6 Å². The Kier molecular flexibility index (Phi) is 4.82. The number of nitrogens with zero attached hydrogens (tertiary/aromatic N) is 2. The summed E-state index contributed by atoms with van der Waals surface area (Å²) in [6, 6.07) is 4.07. The second kappa shape index (κ2) is 6.41. The Balaban J connectivity index is 1.82. The van der Waals surface area contributed by atoms with Gasteiger partial charge in [-0.3, -0.25) is 9.48 Å². The highest BCUT2D eigenvalue weighted by Crippen LogP contribution is 2.22. The quantitative estimate of drug-likeness (QED) is 0.862. The Labute approximate surface area is 130 Å². The van der Waals surface area contributed by atoms with Crippen molar-refractivity contribution in [3.8, 4) is 0 Å². The Morgan fingerprint density at radius 1 is 1.50 bits per heavy atom. The Bertz CT molecular complexity index is 620. The maximum Gasteiger partial charge on any atom is 0.241 e. The first kappa shape index (κ1) is 15.1. The van der Waals surface area contributed by atoms with E-state index in [1.807, 2.05) is 19.9 Å². The van der Waals surface area contributed by atoms with Gasteiger partial charge in [0, 0.05) is 11.4 Å². The van der Waals surface area contributed by atoms with Gasteiger partial charge in [-0.25, -0.2) is 0 Å². The van der Waals surface area contributed by atoms with Gasteiger partial charge in [0.05, 0.1) is 20.9 Å². The van der Waals surface area contributed by atoms with E-state index in [1.165, 1.54) is 4.88 Å². The van der Waals surface area contributed by atoms with Crippen LogP contribution in [-0.4, -0.2) is 22.2 Å². The molecule has 2 heterocycles. The molecule has 0 aliphatic heterocycles. The summed E-state index contributed by atoms with van der Waals surface area (Å²) in [5.41, 5.74) is 8.09. The largest absolute Gasteiger partial charge is 0.396 e. The van der Waals surface area contributed by atoms with Gasteiger partial charge in [-0.1, -0.05) is 0 Å². The molecule has 0 aliphatic carbocycles. The molecule has 0 fully saturated rings. The fraction of sp³-hybridized carbons (Fsp3) is 0.385. The molecule has 2 rings (SSSR count). The number of hydrogen-bond donors (Lipinski definition) is 2. The predicted octanol–water partition coefficient (Wildman–Crippen LogP) is 2.27. The Morgan fingerprint density at radius 2 is 2.25 bits per heavy atom. The molecular formula is C13H17BrN4OS. The zero-order valence-corrected chi connectivity index (χ0v) is 13.8. The first-order chi connectivity index (χ1) is 9.47. The van der Waals surface area contributed by atoms with Crippen molar-refractivity contribution >= 4 is 38.9 Å². The highest BCUT2D eigenvalue weighted by atomic mass is 79.9. The standard InChI is InChI=1S/C13H17BrN4OS/c1-8-13(15)9(2)18(17-8)7-12(19)16-6-5-10-3-4-11(14)20-10/h3-4H,5-7,15H2,1-2H3,(H,16,19). The zero-order chi connectivity index (χ0) is 14.7. The van der Waals surface area contributed by atoms with Gasteiger partial charge in [0.1, 0.15) is 6.54 Å². The fourth-order valence-corrected chi connectivity index (χ4v) is 3.35. The number of nitrogen functional groups attached to an aromatic ring is 1. The number of nitrogens with two attached hydrogens (primary N) is 1. The number of aromatic nitrogens is 2. The molecule has 3 N–H and O–H groups in total. The number of thiophene rings is 1. The van der Waals surface area contributed by atoms with Crippen LogP contribution in [0.5, 0.6) is 0 Å². The van der Waals surface area contributed by atoms with E-state index >= 15 is 0 Å². The van der Waals surface area contributed by atoms with E-state index in [2.05, 4.69) is 32.4 Å². The topological polar surface area (TPSA) is 72.9 Å². The van der Waals surface area contributed by atoms with Crippen molar-refractivity contribution < 1.29 is 4.79 Å². The van der Waals surface area contributed by atoms with Gasteiger partial charge in [-0.15, -0.1) is 11.3 Å². The smallest absolute Gasteiger partial charge is 0.241 e. The second-order valence-corrected chi connectivity index (χ2v) is 7.10. The van der Waals surface area contributed by atoms with E-state index in [1.54, 1.807) is 16.0 Å². The number of aryl methyl sites for hydroxylation is 1. The summed E-state index contributed by atoms with van der Waals surface area (Å²) in [6.45, 7) is 4.54. The number of rotatable bonds is 5. The van der Waals surface area contributed by atoms with Crippen molar-refractivity contribution in [2.24, 2.45) is 0 Å². The molecule has 0 radical (unpaired) electrons. The molecule has 0 atom stereocenters. The molecule has 7 heteroatoms. The molecule has 2 aromatic heterocycles. The van der Waals surface area contributed by atoms with Gasteiger partial charge in [-0.05, 0) is 48.3 Å². The van der Waals surface area contributed by atoms with Crippen molar-refractivity contribution in [1.29, 1.82) is 0 Å². The molecule has 0 aliphatic rings. The molecule has 20 heavy (non-hydrogen) atoms. The fourth-order valence-electron chi connectivity index (χ4n) is 1.87. The molecule has 0 bridgehead atoms. The van der Waals surface area contributed by atoms with Crippen LogP contribution in [0.3, 0.4) is 0 Å². The van der Waals surface area contributed by atoms with Gasteiger partial charge >= 0.3 is 0 Å². The van der Waals surface area contributed by atoms with Crippen molar-refractivity contribution in [2.75, 3.05) is 12.3 Å². The number of halogens is 1.